The van der Waals surface area contributed by atoms with Gasteiger partial charge in [-0.2, -0.15) is 0 Å². The number of amides is 2. The van der Waals surface area contributed by atoms with E-state index in [4.69, 9.17) is 4.98 Å². The van der Waals surface area contributed by atoms with Gasteiger partial charge in [0.1, 0.15) is 11.6 Å². The van der Waals surface area contributed by atoms with Crippen LogP contribution in [0.3, 0.4) is 0 Å². The van der Waals surface area contributed by atoms with Crippen LogP contribution in [0.2, 0.25) is 0 Å². The highest BCUT2D eigenvalue weighted by atomic mass is 19.1. The van der Waals surface area contributed by atoms with Gasteiger partial charge in [-0.05, 0) is 95.3 Å². The fraction of sp³-hybridized carbons (Fsp3) is 0.529. The predicted octanol–water partition coefficient (Wildman–Crippen LogP) is 6.70. The summed E-state index contributed by atoms with van der Waals surface area (Å²) < 4.78 is 16.3. The number of imidazole rings is 1. The molecule has 0 saturated carbocycles. The average Bonchev–Trinajstić information content (AvgIpc) is 3.42. The highest BCUT2D eigenvalue weighted by Gasteiger charge is 2.42. The molecule has 1 N–H and O–H groups in total. The van der Waals surface area contributed by atoms with Crippen molar-refractivity contribution in [1.29, 1.82) is 0 Å². The van der Waals surface area contributed by atoms with Crippen molar-refractivity contribution in [2.75, 3.05) is 36.4 Å². The summed E-state index contributed by atoms with van der Waals surface area (Å²) >= 11 is 0. The van der Waals surface area contributed by atoms with E-state index in [1.165, 1.54) is 61.4 Å². The number of urea groups is 1. The molecule has 1 aromatic heterocycles. The van der Waals surface area contributed by atoms with Gasteiger partial charge in [0.2, 0.25) is 0 Å². The van der Waals surface area contributed by atoms with Crippen molar-refractivity contribution < 1.29 is 9.18 Å². The Balaban J connectivity index is 1.10. The third kappa shape index (κ3) is 6.11. The summed E-state index contributed by atoms with van der Waals surface area (Å²) in [7, 11) is 0. The Morgan fingerprint density at radius 2 is 1.71 bits per heavy atom. The van der Waals surface area contributed by atoms with E-state index in [1.54, 1.807) is 17.0 Å². The number of anilines is 2. The molecule has 42 heavy (non-hydrogen) atoms. The Kier molecular flexibility index (Phi) is 8.63. The summed E-state index contributed by atoms with van der Waals surface area (Å²) in [6.45, 7) is 11.3. The number of benzene rings is 2. The lowest BCUT2D eigenvalue weighted by Crippen LogP contribution is -2.45. The molecule has 3 aliphatic rings. The van der Waals surface area contributed by atoms with Gasteiger partial charge in [-0.25, -0.2) is 14.2 Å². The first kappa shape index (κ1) is 28.9. The van der Waals surface area contributed by atoms with E-state index >= 15 is 0 Å². The number of rotatable bonds is 9. The number of fused-ring (bicyclic) bond motifs is 3. The van der Waals surface area contributed by atoms with E-state index in [2.05, 4.69) is 33.5 Å². The lowest BCUT2D eigenvalue weighted by molar-refractivity contribution is 0.104. The third-order valence-electron chi connectivity index (χ3n) is 9.56. The molecule has 3 atom stereocenters. The van der Waals surface area contributed by atoms with Crippen molar-refractivity contribution >= 4 is 17.4 Å². The fourth-order valence-electron chi connectivity index (χ4n) is 7.62. The molecule has 1 unspecified atom stereocenters. The van der Waals surface area contributed by atoms with E-state index in [1.807, 2.05) is 31.2 Å². The monoisotopic (exact) mass is 572 g/mol. The SMILES string of the molecule is CCCN1CCc2c(nc(C)n2C2C[C@H]3CC[C@@H](C2)N3CCCN(C(=O)Nc2ccc(C)cc2)c2ccc(F)cc2)C1. The maximum atomic E-state index is 13.7. The lowest BCUT2D eigenvalue weighted by atomic mass is 9.95. The molecule has 2 aromatic carbocycles. The second kappa shape index (κ2) is 12.6. The second-order valence-corrected chi connectivity index (χ2v) is 12.5. The lowest BCUT2D eigenvalue weighted by Gasteiger charge is -2.41. The van der Waals surface area contributed by atoms with Crippen molar-refractivity contribution in [2.24, 2.45) is 0 Å². The highest BCUT2D eigenvalue weighted by molar-refractivity contribution is 6.01. The highest BCUT2D eigenvalue weighted by Crippen LogP contribution is 2.42. The quantitative estimate of drug-likeness (QED) is 0.310. The Hall–Kier alpha value is -3.23. The van der Waals surface area contributed by atoms with Gasteiger partial charge in [0, 0.05) is 67.8 Å². The van der Waals surface area contributed by atoms with Crippen LogP contribution in [0.25, 0.3) is 0 Å². The zero-order chi connectivity index (χ0) is 29.2. The molecule has 0 spiro atoms. The minimum absolute atomic E-state index is 0.190. The normalized spacial score (nSPS) is 22.2. The Labute approximate surface area is 249 Å². The van der Waals surface area contributed by atoms with Crippen LogP contribution in [0.5, 0.6) is 0 Å². The zero-order valence-corrected chi connectivity index (χ0v) is 25.4. The summed E-state index contributed by atoms with van der Waals surface area (Å²) in [6.07, 6.45) is 8.01. The molecule has 224 valence electrons. The molecular formula is C34H45FN6O. The van der Waals surface area contributed by atoms with Crippen LogP contribution in [-0.2, 0) is 13.0 Å². The molecule has 7 nitrogen and oxygen atoms in total. The van der Waals surface area contributed by atoms with Crippen molar-refractivity contribution in [2.45, 2.75) is 90.4 Å². The van der Waals surface area contributed by atoms with Gasteiger partial charge in [0.15, 0.2) is 0 Å². The number of aromatic nitrogens is 2. The van der Waals surface area contributed by atoms with Crippen molar-refractivity contribution in [3.63, 3.8) is 0 Å². The first-order valence-electron chi connectivity index (χ1n) is 15.8. The van der Waals surface area contributed by atoms with E-state index in [-0.39, 0.29) is 11.8 Å². The molecule has 8 heteroatoms. The number of nitrogens with one attached hydrogen (secondary N) is 1. The van der Waals surface area contributed by atoms with Crippen LogP contribution in [0, 0.1) is 19.7 Å². The van der Waals surface area contributed by atoms with E-state index < -0.39 is 0 Å². The molecule has 4 heterocycles. The number of aryl methyl sites for hydroxylation is 2. The topological polar surface area (TPSA) is 56.6 Å². The van der Waals surface area contributed by atoms with Gasteiger partial charge in [0.05, 0.1) is 5.69 Å². The molecule has 2 amide bonds. The van der Waals surface area contributed by atoms with Crippen LogP contribution in [-0.4, -0.2) is 63.6 Å². The Bertz CT molecular complexity index is 1360. The third-order valence-corrected chi connectivity index (χ3v) is 9.56. The number of halogens is 1. The van der Waals surface area contributed by atoms with Crippen LogP contribution in [0.1, 0.15) is 74.3 Å². The smallest absolute Gasteiger partial charge is 0.326 e. The molecule has 2 bridgehead atoms. The van der Waals surface area contributed by atoms with Gasteiger partial charge >= 0.3 is 6.03 Å². The maximum Gasteiger partial charge on any atom is 0.326 e. The van der Waals surface area contributed by atoms with E-state index in [0.717, 1.165) is 50.3 Å². The molecule has 3 aromatic rings. The summed E-state index contributed by atoms with van der Waals surface area (Å²) in [5.74, 6) is 0.885. The summed E-state index contributed by atoms with van der Waals surface area (Å²) in [6, 6.07) is 15.5. The molecule has 6 rings (SSSR count). The first-order chi connectivity index (χ1) is 20.4. The fourth-order valence-corrected chi connectivity index (χ4v) is 7.62. The number of carbonyl (C=O) groups excluding carboxylic acids is 1. The number of hydrogen-bond donors (Lipinski definition) is 1. The molecular weight excluding hydrogens is 527 g/mol. The van der Waals surface area contributed by atoms with E-state index in [0.29, 0.717) is 30.4 Å². The van der Waals surface area contributed by atoms with Gasteiger partial charge in [-0.15, -0.1) is 0 Å². The number of hydrogen-bond acceptors (Lipinski definition) is 4. The molecule has 2 saturated heterocycles. The standard InChI is InChI=1S/C34H45FN6O/c1-4-17-38-20-16-33-32(23-38)36-25(3)41(33)31-21-29-14-15-30(22-31)39(29)18-5-19-40(28-12-8-26(35)9-13-28)34(42)37-27-10-6-24(2)7-11-27/h6-13,29-31H,4-5,14-23H2,1-3H3,(H,37,42)/t29-,30+,31?. The van der Waals surface area contributed by atoms with E-state index in [9.17, 15) is 9.18 Å². The number of nitrogens with zero attached hydrogens (tertiary/aromatic N) is 5. The van der Waals surface area contributed by atoms with Crippen LogP contribution in [0.15, 0.2) is 48.5 Å². The average molecular weight is 573 g/mol. The maximum absolute atomic E-state index is 13.7. The van der Waals surface area contributed by atoms with Gasteiger partial charge < -0.3 is 9.88 Å². The summed E-state index contributed by atoms with van der Waals surface area (Å²) in [5, 5.41) is 3.03. The largest absolute Gasteiger partial charge is 0.329 e. The Morgan fingerprint density at radius 1 is 1.00 bits per heavy atom. The molecule has 0 aliphatic carbocycles. The van der Waals surface area contributed by atoms with Crippen LogP contribution < -0.4 is 10.2 Å². The zero-order valence-electron chi connectivity index (χ0n) is 25.4. The van der Waals surface area contributed by atoms with Crippen LogP contribution >= 0.6 is 0 Å². The summed E-state index contributed by atoms with van der Waals surface area (Å²) in [5.41, 5.74) is 5.39. The van der Waals surface area contributed by atoms with Crippen molar-refractivity contribution in [1.82, 2.24) is 19.4 Å². The van der Waals surface area contributed by atoms with Gasteiger partial charge in [-0.3, -0.25) is 14.7 Å². The van der Waals surface area contributed by atoms with Crippen molar-refractivity contribution in [3.05, 3.63) is 77.1 Å². The molecule has 2 fully saturated rings. The Morgan fingerprint density at radius 3 is 2.40 bits per heavy atom. The van der Waals surface area contributed by atoms with Crippen molar-refractivity contribution in [3.8, 4) is 0 Å². The second-order valence-electron chi connectivity index (χ2n) is 12.5. The first-order valence-corrected chi connectivity index (χ1v) is 15.8. The number of carbonyl (C=O) groups is 1. The minimum Gasteiger partial charge on any atom is -0.329 e. The minimum atomic E-state index is -0.301. The number of piperidine rings is 1. The summed E-state index contributed by atoms with van der Waals surface area (Å²) in [4.78, 5) is 25.4. The van der Waals surface area contributed by atoms with Crippen LogP contribution in [0.4, 0.5) is 20.6 Å². The predicted molar refractivity (Wildman–Crippen MR) is 167 cm³/mol. The van der Waals surface area contributed by atoms with Gasteiger partial charge in [-0.1, -0.05) is 24.6 Å². The molecule has 3 aliphatic heterocycles. The van der Waals surface area contributed by atoms with Gasteiger partial charge in [0.25, 0.3) is 0 Å². The molecule has 0 radical (unpaired) electrons.